The Kier molecular flexibility index (Phi) is 7.44. The number of ether oxygens (including phenoxy) is 1. The molecule has 2 heterocycles. The van der Waals surface area contributed by atoms with E-state index in [1.165, 1.54) is 6.07 Å². The monoisotopic (exact) mass is 495 g/mol. The summed E-state index contributed by atoms with van der Waals surface area (Å²) in [4.78, 5) is 51.4. The van der Waals surface area contributed by atoms with Crippen LogP contribution in [-0.2, 0) is 19.2 Å². The van der Waals surface area contributed by atoms with Gasteiger partial charge in [-0.05, 0) is 49.7 Å². The number of carbonyl (C=O) groups is 4. The minimum Gasteiger partial charge on any atom is -0.484 e. The summed E-state index contributed by atoms with van der Waals surface area (Å²) in [5.41, 5.74) is 0. The van der Waals surface area contributed by atoms with Crippen molar-refractivity contribution in [2.75, 3.05) is 19.7 Å². The Labute approximate surface area is 202 Å². The van der Waals surface area contributed by atoms with Crippen molar-refractivity contribution in [1.82, 2.24) is 15.5 Å². The van der Waals surface area contributed by atoms with E-state index >= 15 is 0 Å². The molecule has 5 atom stereocenters. The lowest BCUT2D eigenvalue weighted by atomic mass is 9.92. The van der Waals surface area contributed by atoms with Gasteiger partial charge in [0.15, 0.2) is 6.61 Å². The second kappa shape index (κ2) is 10.3. The molecule has 178 valence electrons. The molecule has 33 heavy (non-hydrogen) atoms. The fraction of sp³-hybridized carbons (Fsp3) is 0.565. The van der Waals surface area contributed by atoms with Crippen molar-refractivity contribution in [3.63, 3.8) is 0 Å². The molecule has 1 aromatic carbocycles. The summed E-state index contributed by atoms with van der Waals surface area (Å²) in [6.07, 6.45) is 4.41. The third-order valence-corrected chi connectivity index (χ3v) is 7.66. The first-order valence-corrected chi connectivity index (χ1v) is 12.0. The number of rotatable bonds is 8. The maximum absolute atomic E-state index is 13.2. The fourth-order valence-electron chi connectivity index (χ4n) is 5.29. The SMILES string of the molecule is O=C[C@H](C[C@@H]1CCNC1=O)NC(=O)[C@@H]1[C@H]2CCC[C@H]2CN1C(=O)COc1ccc(Cl)c(Cl)c1. The molecule has 0 radical (unpaired) electrons. The van der Waals surface area contributed by atoms with Crippen LogP contribution in [0.5, 0.6) is 5.75 Å². The van der Waals surface area contributed by atoms with Gasteiger partial charge in [-0.1, -0.05) is 29.6 Å². The van der Waals surface area contributed by atoms with E-state index < -0.39 is 12.1 Å². The molecular weight excluding hydrogens is 469 g/mol. The highest BCUT2D eigenvalue weighted by molar-refractivity contribution is 6.42. The number of amides is 3. The predicted octanol–water partition coefficient (Wildman–Crippen LogP) is 2.21. The molecule has 10 heteroatoms. The molecule has 4 rings (SSSR count). The topological polar surface area (TPSA) is 105 Å². The zero-order valence-corrected chi connectivity index (χ0v) is 19.6. The third kappa shape index (κ3) is 5.27. The number of hydrogen-bond donors (Lipinski definition) is 2. The zero-order valence-electron chi connectivity index (χ0n) is 18.1. The Morgan fingerprint density at radius 1 is 1.24 bits per heavy atom. The lowest BCUT2D eigenvalue weighted by Crippen LogP contribution is -2.52. The Bertz CT molecular complexity index is 943. The fourth-order valence-corrected chi connectivity index (χ4v) is 5.57. The molecule has 0 aromatic heterocycles. The number of fused-ring (bicyclic) bond motifs is 1. The number of carbonyl (C=O) groups excluding carboxylic acids is 4. The van der Waals surface area contributed by atoms with Gasteiger partial charge in [0, 0.05) is 25.1 Å². The van der Waals surface area contributed by atoms with Gasteiger partial charge in [0.05, 0.1) is 16.1 Å². The van der Waals surface area contributed by atoms with Crippen molar-refractivity contribution in [1.29, 1.82) is 0 Å². The van der Waals surface area contributed by atoms with Gasteiger partial charge < -0.3 is 25.1 Å². The summed E-state index contributed by atoms with van der Waals surface area (Å²) in [7, 11) is 0. The first-order valence-electron chi connectivity index (χ1n) is 11.3. The van der Waals surface area contributed by atoms with E-state index in [2.05, 4.69) is 10.6 Å². The van der Waals surface area contributed by atoms with Crippen LogP contribution in [0.15, 0.2) is 18.2 Å². The third-order valence-electron chi connectivity index (χ3n) is 6.93. The standard InChI is InChI=1S/C23H27Cl2N3O5/c24-18-5-4-16(9-19(18)25)33-12-20(30)28-10-14-2-1-3-17(14)21(28)23(32)27-15(11-29)8-13-6-7-26-22(13)31/h4-5,9,11,13-15,17,21H,1-3,6-8,10,12H2,(H,26,31)(H,27,32)/t13-,14-,15-,17-,21-/m0/s1. The average molecular weight is 496 g/mol. The number of aldehydes is 1. The van der Waals surface area contributed by atoms with E-state index in [1.807, 2.05) is 0 Å². The summed E-state index contributed by atoms with van der Waals surface area (Å²) in [5, 5.41) is 6.24. The molecule has 0 bridgehead atoms. The summed E-state index contributed by atoms with van der Waals surface area (Å²) >= 11 is 11.9. The Hall–Kier alpha value is -2.32. The highest BCUT2D eigenvalue weighted by atomic mass is 35.5. The second-order valence-electron chi connectivity index (χ2n) is 8.97. The van der Waals surface area contributed by atoms with Crippen LogP contribution in [0.4, 0.5) is 0 Å². The molecule has 0 spiro atoms. The van der Waals surface area contributed by atoms with Crippen LogP contribution in [-0.4, -0.2) is 60.7 Å². The van der Waals surface area contributed by atoms with Gasteiger partial charge in [-0.15, -0.1) is 0 Å². The van der Waals surface area contributed by atoms with E-state index in [0.29, 0.717) is 41.6 Å². The number of nitrogens with zero attached hydrogens (tertiary/aromatic N) is 1. The lowest BCUT2D eigenvalue weighted by molar-refractivity contribution is -0.141. The zero-order chi connectivity index (χ0) is 23.5. The van der Waals surface area contributed by atoms with Gasteiger partial charge >= 0.3 is 0 Å². The van der Waals surface area contributed by atoms with E-state index in [9.17, 15) is 19.2 Å². The van der Waals surface area contributed by atoms with Gasteiger partial charge in [0.25, 0.3) is 5.91 Å². The molecule has 3 amide bonds. The van der Waals surface area contributed by atoms with E-state index in [4.69, 9.17) is 27.9 Å². The molecule has 8 nitrogen and oxygen atoms in total. The molecule has 1 saturated carbocycles. The Morgan fingerprint density at radius 3 is 2.76 bits per heavy atom. The second-order valence-corrected chi connectivity index (χ2v) is 9.79. The Balaban J connectivity index is 1.41. The van der Waals surface area contributed by atoms with E-state index in [1.54, 1.807) is 17.0 Å². The summed E-state index contributed by atoms with van der Waals surface area (Å²) in [5.74, 6) is -0.305. The molecule has 0 unspecified atom stereocenters. The van der Waals surface area contributed by atoms with Crippen molar-refractivity contribution < 1.29 is 23.9 Å². The number of hydrogen-bond acceptors (Lipinski definition) is 5. The Morgan fingerprint density at radius 2 is 2.06 bits per heavy atom. The first kappa shape index (κ1) is 23.8. The molecule has 1 aliphatic carbocycles. The molecule has 1 aromatic rings. The molecule has 2 aliphatic heterocycles. The highest BCUT2D eigenvalue weighted by Crippen LogP contribution is 2.42. The van der Waals surface area contributed by atoms with Crippen LogP contribution in [0, 0.1) is 17.8 Å². The van der Waals surface area contributed by atoms with Crippen molar-refractivity contribution in [3.8, 4) is 5.75 Å². The van der Waals surface area contributed by atoms with Crippen molar-refractivity contribution in [2.45, 2.75) is 44.2 Å². The minimum atomic E-state index is -0.767. The van der Waals surface area contributed by atoms with Gasteiger partial charge in [0.1, 0.15) is 18.1 Å². The maximum Gasteiger partial charge on any atom is 0.261 e. The molecule has 2 saturated heterocycles. The van der Waals surface area contributed by atoms with Gasteiger partial charge in [-0.2, -0.15) is 0 Å². The van der Waals surface area contributed by atoms with Crippen LogP contribution in [0.1, 0.15) is 32.1 Å². The van der Waals surface area contributed by atoms with Crippen LogP contribution < -0.4 is 15.4 Å². The van der Waals surface area contributed by atoms with Gasteiger partial charge in [-0.3, -0.25) is 14.4 Å². The number of likely N-dealkylation sites (tertiary alicyclic amines) is 1. The van der Waals surface area contributed by atoms with Crippen molar-refractivity contribution >= 4 is 47.2 Å². The summed E-state index contributed by atoms with van der Waals surface area (Å²) in [6, 6.07) is 3.33. The van der Waals surface area contributed by atoms with Gasteiger partial charge in [-0.25, -0.2) is 0 Å². The number of benzene rings is 1. The largest absolute Gasteiger partial charge is 0.484 e. The smallest absolute Gasteiger partial charge is 0.261 e. The maximum atomic E-state index is 13.2. The van der Waals surface area contributed by atoms with E-state index in [0.717, 1.165) is 19.3 Å². The van der Waals surface area contributed by atoms with Crippen LogP contribution >= 0.6 is 23.2 Å². The van der Waals surface area contributed by atoms with Crippen molar-refractivity contribution in [2.24, 2.45) is 17.8 Å². The predicted molar refractivity (Wildman–Crippen MR) is 122 cm³/mol. The normalized spacial score (nSPS) is 27.1. The molecule has 3 aliphatic rings. The van der Waals surface area contributed by atoms with Crippen LogP contribution in [0.3, 0.4) is 0 Å². The number of halogens is 2. The molecular formula is C23H27Cl2N3O5. The highest BCUT2D eigenvalue weighted by Gasteiger charge is 2.49. The molecule has 3 fully saturated rings. The average Bonchev–Trinajstić information content (AvgIpc) is 3.50. The quantitative estimate of drug-likeness (QED) is 0.537. The lowest BCUT2D eigenvalue weighted by Gasteiger charge is -2.28. The molecule has 2 N–H and O–H groups in total. The number of nitrogens with one attached hydrogen (secondary N) is 2. The summed E-state index contributed by atoms with van der Waals surface area (Å²) in [6.45, 7) is 0.833. The summed E-state index contributed by atoms with van der Waals surface area (Å²) < 4.78 is 5.60. The van der Waals surface area contributed by atoms with Crippen LogP contribution in [0.25, 0.3) is 0 Å². The van der Waals surface area contributed by atoms with Gasteiger partial charge in [0.2, 0.25) is 11.8 Å². The van der Waals surface area contributed by atoms with Crippen molar-refractivity contribution in [3.05, 3.63) is 28.2 Å². The minimum absolute atomic E-state index is 0.0565. The van der Waals surface area contributed by atoms with E-state index in [-0.39, 0.29) is 48.5 Å². The first-order chi connectivity index (χ1) is 15.9. The van der Waals surface area contributed by atoms with Crippen LogP contribution in [0.2, 0.25) is 10.0 Å².